The molecule has 3 rings (SSSR count). The molecule has 0 fully saturated rings. The molecule has 164 valence electrons. The van der Waals surface area contributed by atoms with Crippen molar-refractivity contribution in [3.05, 3.63) is 53.5 Å². The van der Waals surface area contributed by atoms with Gasteiger partial charge >= 0.3 is 0 Å². The quantitative estimate of drug-likeness (QED) is 0.462. The highest BCUT2D eigenvalue weighted by atomic mass is 32.2. The maximum Gasteiger partial charge on any atom is 0.243 e. The number of anilines is 1. The zero-order chi connectivity index (χ0) is 22.4. The van der Waals surface area contributed by atoms with Crippen LogP contribution in [0.5, 0.6) is 0 Å². The van der Waals surface area contributed by atoms with E-state index in [0.29, 0.717) is 41.4 Å². The average Bonchev–Trinajstić information content (AvgIpc) is 3.30. The predicted octanol–water partition coefficient (Wildman–Crippen LogP) is 3.12. The Labute approximate surface area is 184 Å². The van der Waals surface area contributed by atoms with E-state index in [9.17, 15) is 9.59 Å². The number of carbonyl (C=O) groups excluding carboxylic acids is 2. The Morgan fingerprint density at radius 3 is 2.58 bits per heavy atom. The van der Waals surface area contributed by atoms with Gasteiger partial charge in [0.2, 0.25) is 11.8 Å². The minimum Gasteiger partial charge on any atom is -0.370 e. The van der Waals surface area contributed by atoms with E-state index in [0.717, 1.165) is 5.56 Å². The van der Waals surface area contributed by atoms with Crippen molar-refractivity contribution in [1.82, 2.24) is 19.9 Å². The fourth-order valence-electron chi connectivity index (χ4n) is 3.00. The van der Waals surface area contributed by atoms with Gasteiger partial charge in [0, 0.05) is 25.5 Å². The zero-order valence-electron chi connectivity index (χ0n) is 17.7. The first-order chi connectivity index (χ1) is 14.8. The van der Waals surface area contributed by atoms with E-state index in [-0.39, 0.29) is 12.3 Å². The molecule has 3 N–H and O–H groups in total. The van der Waals surface area contributed by atoms with Gasteiger partial charge in [0.15, 0.2) is 11.0 Å². The standard InChI is InChI=1S/C21H26N6O3S/c1-13(2)12-27-18(10-9-16(22)28)24-25-21(27)31-19(15-7-5-4-6-8-15)20(29)23-17-11-14(3)30-26-17/h4-8,11,13,19H,9-10,12H2,1-3H3,(H2,22,28)(H,23,26,29). The summed E-state index contributed by atoms with van der Waals surface area (Å²) in [6, 6.07) is 11.1. The fourth-order valence-corrected chi connectivity index (χ4v) is 4.06. The van der Waals surface area contributed by atoms with E-state index < -0.39 is 11.2 Å². The average molecular weight is 443 g/mol. The van der Waals surface area contributed by atoms with Crippen molar-refractivity contribution in [3.63, 3.8) is 0 Å². The number of nitrogens with two attached hydrogens (primary N) is 1. The summed E-state index contributed by atoms with van der Waals surface area (Å²) in [6.07, 6.45) is 0.588. The second-order valence-electron chi connectivity index (χ2n) is 7.59. The number of aromatic nitrogens is 4. The van der Waals surface area contributed by atoms with E-state index in [2.05, 4.69) is 34.5 Å². The molecule has 0 aliphatic rings. The first-order valence-electron chi connectivity index (χ1n) is 9.99. The molecule has 0 spiro atoms. The molecule has 2 amide bonds. The summed E-state index contributed by atoms with van der Waals surface area (Å²) >= 11 is 1.30. The van der Waals surface area contributed by atoms with Gasteiger partial charge in [0.05, 0.1) is 0 Å². The van der Waals surface area contributed by atoms with Crippen molar-refractivity contribution in [2.75, 3.05) is 5.32 Å². The normalized spacial score (nSPS) is 12.1. The highest BCUT2D eigenvalue weighted by Gasteiger charge is 2.26. The largest absolute Gasteiger partial charge is 0.370 e. The Balaban J connectivity index is 1.89. The van der Waals surface area contributed by atoms with Crippen molar-refractivity contribution in [1.29, 1.82) is 0 Å². The third-order valence-corrected chi connectivity index (χ3v) is 5.61. The number of thioether (sulfide) groups is 1. The van der Waals surface area contributed by atoms with Crippen molar-refractivity contribution >= 4 is 29.4 Å². The van der Waals surface area contributed by atoms with Gasteiger partial charge < -0.3 is 20.1 Å². The van der Waals surface area contributed by atoms with E-state index in [1.54, 1.807) is 13.0 Å². The van der Waals surface area contributed by atoms with E-state index in [4.69, 9.17) is 10.3 Å². The maximum absolute atomic E-state index is 13.1. The number of benzene rings is 1. The third-order valence-electron chi connectivity index (χ3n) is 4.38. The first-order valence-corrected chi connectivity index (χ1v) is 10.9. The highest BCUT2D eigenvalue weighted by Crippen LogP contribution is 2.36. The number of hydrogen-bond acceptors (Lipinski definition) is 7. The van der Waals surface area contributed by atoms with E-state index in [1.165, 1.54) is 11.8 Å². The summed E-state index contributed by atoms with van der Waals surface area (Å²) in [5.41, 5.74) is 6.12. The molecule has 1 atom stereocenters. The maximum atomic E-state index is 13.1. The van der Waals surface area contributed by atoms with Crippen LogP contribution in [0.2, 0.25) is 0 Å². The zero-order valence-corrected chi connectivity index (χ0v) is 18.6. The number of carbonyl (C=O) groups is 2. The molecule has 0 saturated carbocycles. The van der Waals surface area contributed by atoms with Crippen LogP contribution in [-0.2, 0) is 22.6 Å². The molecule has 0 bridgehead atoms. The summed E-state index contributed by atoms with van der Waals surface area (Å²) in [5.74, 6) is 1.32. The monoisotopic (exact) mass is 442 g/mol. The van der Waals surface area contributed by atoms with Crippen LogP contribution in [-0.4, -0.2) is 31.7 Å². The lowest BCUT2D eigenvalue weighted by Gasteiger charge is -2.17. The van der Waals surface area contributed by atoms with Gasteiger partial charge in [-0.1, -0.05) is 61.1 Å². The number of aryl methyl sites for hydroxylation is 2. The molecule has 0 aliphatic heterocycles. The molecule has 2 heterocycles. The molecule has 0 saturated heterocycles. The Bertz CT molecular complexity index is 1030. The summed E-state index contributed by atoms with van der Waals surface area (Å²) < 4.78 is 7.01. The molecule has 1 unspecified atom stereocenters. The highest BCUT2D eigenvalue weighted by molar-refractivity contribution is 8.00. The van der Waals surface area contributed by atoms with E-state index >= 15 is 0 Å². The molecule has 9 nitrogen and oxygen atoms in total. The van der Waals surface area contributed by atoms with Gasteiger partial charge in [-0.3, -0.25) is 9.59 Å². The number of rotatable bonds is 10. The lowest BCUT2D eigenvalue weighted by Crippen LogP contribution is -2.20. The smallest absolute Gasteiger partial charge is 0.243 e. The molecule has 10 heteroatoms. The SMILES string of the molecule is Cc1cc(NC(=O)C(Sc2nnc(CCC(N)=O)n2CC(C)C)c2ccccc2)no1. The van der Waals surface area contributed by atoms with Gasteiger partial charge in [-0.2, -0.15) is 0 Å². The molecule has 31 heavy (non-hydrogen) atoms. The Hall–Kier alpha value is -3.14. The van der Waals surface area contributed by atoms with Crippen LogP contribution in [0.3, 0.4) is 0 Å². The number of amides is 2. The minimum absolute atomic E-state index is 0.189. The number of nitrogens with one attached hydrogen (secondary N) is 1. The second kappa shape index (κ2) is 10.3. The van der Waals surface area contributed by atoms with Crippen LogP contribution in [0.25, 0.3) is 0 Å². The minimum atomic E-state index is -0.586. The van der Waals surface area contributed by atoms with Crippen LogP contribution in [0.1, 0.15) is 42.7 Å². The number of nitrogens with zero attached hydrogens (tertiary/aromatic N) is 4. The first kappa shape index (κ1) is 22.5. The molecule has 1 aromatic carbocycles. The van der Waals surface area contributed by atoms with E-state index in [1.807, 2.05) is 34.9 Å². The summed E-state index contributed by atoms with van der Waals surface area (Å²) in [4.78, 5) is 24.4. The summed E-state index contributed by atoms with van der Waals surface area (Å²) in [6.45, 7) is 6.59. The van der Waals surface area contributed by atoms with Crippen molar-refractivity contribution in [3.8, 4) is 0 Å². The number of hydrogen-bond donors (Lipinski definition) is 2. The van der Waals surface area contributed by atoms with Crippen LogP contribution in [0.15, 0.2) is 46.1 Å². The molecule has 2 aromatic heterocycles. The number of primary amides is 1. The van der Waals surface area contributed by atoms with Gasteiger partial charge in [-0.15, -0.1) is 10.2 Å². The lowest BCUT2D eigenvalue weighted by atomic mass is 10.1. The Kier molecular flexibility index (Phi) is 7.45. The molecular weight excluding hydrogens is 416 g/mol. The molecular formula is C21H26N6O3S. The Morgan fingerprint density at radius 1 is 1.23 bits per heavy atom. The molecule has 0 radical (unpaired) electrons. The third kappa shape index (κ3) is 6.17. The van der Waals surface area contributed by atoms with Crippen LogP contribution in [0.4, 0.5) is 5.82 Å². The van der Waals surface area contributed by atoms with Crippen molar-refractivity contribution < 1.29 is 14.1 Å². The topological polar surface area (TPSA) is 129 Å². The lowest BCUT2D eigenvalue weighted by molar-refractivity contribution is -0.118. The van der Waals surface area contributed by atoms with Gasteiger partial charge in [0.1, 0.15) is 16.8 Å². The summed E-state index contributed by atoms with van der Waals surface area (Å²) in [5, 5.41) is 15.2. The van der Waals surface area contributed by atoms with Crippen LogP contribution >= 0.6 is 11.8 Å². The Morgan fingerprint density at radius 2 is 1.97 bits per heavy atom. The summed E-state index contributed by atoms with van der Waals surface area (Å²) in [7, 11) is 0. The second-order valence-corrected chi connectivity index (χ2v) is 8.66. The van der Waals surface area contributed by atoms with Gasteiger partial charge in [0.25, 0.3) is 0 Å². The predicted molar refractivity (Wildman–Crippen MR) is 117 cm³/mol. The molecule has 0 aliphatic carbocycles. The fraction of sp³-hybridized carbons (Fsp3) is 0.381. The van der Waals surface area contributed by atoms with Crippen molar-refractivity contribution in [2.45, 2.75) is 50.6 Å². The van der Waals surface area contributed by atoms with Gasteiger partial charge in [-0.05, 0) is 18.4 Å². The van der Waals surface area contributed by atoms with Crippen LogP contribution < -0.4 is 11.1 Å². The van der Waals surface area contributed by atoms with Gasteiger partial charge in [-0.25, -0.2) is 0 Å². The van der Waals surface area contributed by atoms with Crippen molar-refractivity contribution in [2.24, 2.45) is 11.7 Å². The molecule has 3 aromatic rings. The van der Waals surface area contributed by atoms with Crippen LogP contribution in [0, 0.1) is 12.8 Å².